The Morgan fingerprint density at radius 2 is 1.90 bits per heavy atom. The van der Waals surface area contributed by atoms with Gasteiger partial charge in [-0.1, -0.05) is 24.6 Å². The second kappa shape index (κ2) is 6.73. The molecule has 0 aromatic heterocycles. The van der Waals surface area contributed by atoms with Gasteiger partial charge in [0.15, 0.2) is 0 Å². The lowest BCUT2D eigenvalue weighted by molar-refractivity contribution is 0.480. The monoisotopic (exact) mass is 293 g/mol. The van der Waals surface area contributed by atoms with E-state index in [0.29, 0.717) is 16.5 Å². The quantitative estimate of drug-likeness (QED) is 0.877. The zero-order valence-electron chi connectivity index (χ0n) is 11.3. The fraction of sp³-hybridized carbons (Fsp3) is 0.250. The van der Waals surface area contributed by atoms with Gasteiger partial charge in [0.2, 0.25) is 0 Å². The molecule has 4 heteroatoms. The number of nitrogens with two attached hydrogens (primary N) is 1. The SMILES string of the molecule is CCC(N)Cc1ccc(Oc2ccc(F)cc2)c(Cl)c1. The van der Waals surface area contributed by atoms with Crippen LogP contribution in [0.2, 0.25) is 5.02 Å². The van der Waals surface area contributed by atoms with E-state index in [1.807, 2.05) is 18.2 Å². The van der Waals surface area contributed by atoms with E-state index >= 15 is 0 Å². The van der Waals surface area contributed by atoms with Gasteiger partial charge in [-0.05, 0) is 54.8 Å². The lowest BCUT2D eigenvalue weighted by atomic mass is 10.0. The van der Waals surface area contributed by atoms with Crippen LogP contribution >= 0.6 is 11.6 Å². The first-order valence-corrected chi connectivity index (χ1v) is 6.93. The molecule has 0 spiro atoms. The smallest absolute Gasteiger partial charge is 0.146 e. The van der Waals surface area contributed by atoms with E-state index in [1.54, 1.807) is 12.1 Å². The third-order valence-electron chi connectivity index (χ3n) is 3.06. The van der Waals surface area contributed by atoms with Crippen LogP contribution in [-0.4, -0.2) is 6.04 Å². The molecule has 0 aliphatic heterocycles. The van der Waals surface area contributed by atoms with Crippen LogP contribution in [0.4, 0.5) is 4.39 Å². The van der Waals surface area contributed by atoms with Gasteiger partial charge in [0.05, 0.1) is 5.02 Å². The number of hydrogen-bond acceptors (Lipinski definition) is 2. The molecular weight excluding hydrogens is 277 g/mol. The molecule has 0 saturated carbocycles. The first-order valence-electron chi connectivity index (χ1n) is 6.56. The lowest BCUT2D eigenvalue weighted by Crippen LogP contribution is -2.21. The summed E-state index contributed by atoms with van der Waals surface area (Å²) in [5.41, 5.74) is 7.00. The molecule has 0 bridgehead atoms. The van der Waals surface area contributed by atoms with E-state index in [4.69, 9.17) is 22.1 Å². The summed E-state index contributed by atoms with van der Waals surface area (Å²) in [7, 11) is 0. The average molecular weight is 294 g/mol. The standard InChI is InChI=1S/C16H17ClFNO/c1-2-13(19)9-11-3-8-16(15(17)10-11)20-14-6-4-12(18)5-7-14/h3-8,10,13H,2,9,19H2,1H3. The molecule has 2 aromatic carbocycles. The Morgan fingerprint density at radius 1 is 1.20 bits per heavy atom. The zero-order chi connectivity index (χ0) is 14.5. The van der Waals surface area contributed by atoms with Crippen molar-refractivity contribution in [1.82, 2.24) is 0 Å². The van der Waals surface area contributed by atoms with Crippen molar-refractivity contribution in [2.75, 3.05) is 0 Å². The van der Waals surface area contributed by atoms with Gasteiger partial charge in [0.25, 0.3) is 0 Å². The number of benzene rings is 2. The van der Waals surface area contributed by atoms with E-state index in [-0.39, 0.29) is 11.9 Å². The van der Waals surface area contributed by atoms with Crippen molar-refractivity contribution in [3.63, 3.8) is 0 Å². The third kappa shape index (κ3) is 3.95. The van der Waals surface area contributed by atoms with E-state index in [2.05, 4.69) is 6.92 Å². The number of hydrogen-bond donors (Lipinski definition) is 1. The highest BCUT2D eigenvalue weighted by Crippen LogP contribution is 2.30. The molecule has 20 heavy (non-hydrogen) atoms. The molecule has 0 aliphatic rings. The minimum Gasteiger partial charge on any atom is -0.456 e. The van der Waals surface area contributed by atoms with Crippen LogP contribution in [0.3, 0.4) is 0 Å². The van der Waals surface area contributed by atoms with E-state index in [1.165, 1.54) is 12.1 Å². The number of rotatable bonds is 5. The van der Waals surface area contributed by atoms with Crippen molar-refractivity contribution < 1.29 is 9.13 Å². The third-order valence-corrected chi connectivity index (χ3v) is 3.36. The molecule has 0 aliphatic carbocycles. The van der Waals surface area contributed by atoms with Crippen LogP contribution in [-0.2, 0) is 6.42 Å². The first-order chi connectivity index (χ1) is 9.58. The molecule has 106 valence electrons. The minimum atomic E-state index is -0.299. The van der Waals surface area contributed by atoms with Gasteiger partial charge in [-0.25, -0.2) is 4.39 Å². The largest absolute Gasteiger partial charge is 0.456 e. The number of ether oxygens (including phenoxy) is 1. The summed E-state index contributed by atoms with van der Waals surface area (Å²) < 4.78 is 18.4. The predicted molar refractivity (Wildman–Crippen MR) is 79.9 cm³/mol. The topological polar surface area (TPSA) is 35.2 Å². The summed E-state index contributed by atoms with van der Waals surface area (Å²) in [6.45, 7) is 2.05. The Kier molecular flexibility index (Phi) is 4.99. The normalized spacial score (nSPS) is 12.2. The Hall–Kier alpha value is -1.58. The van der Waals surface area contributed by atoms with Crippen LogP contribution in [0.15, 0.2) is 42.5 Å². The summed E-state index contributed by atoms with van der Waals surface area (Å²) in [5, 5.41) is 0.523. The maximum Gasteiger partial charge on any atom is 0.146 e. The van der Waals surface area contributed by atoms with Crippen LogP contribution in [0.5, 0.6) is 11.5 Å². The molecule has 1 atom stereocenters. The molecule has 0 amide bonds. The van der Waals surface area contributed by atoms with Crippen LogP contribution in [0.1, 0.15) is 18.9 Å². The summed E-state index contributed by atoms with van der Waals surface area (Å²) in [6.07, 6.45) is 1.71. The van der Waals surface area contributed by atoms with Gasteiger partial charge < -0.3 is 10.5 Å². The van der Waals surface area contributed by atoms with Crippen molar-refractivity contribution in [3.8, 4) is 11.5 Å². The fourth-order valence-corrected chi connectivity index (χ4v) is 2.07. The average Bonchev–Trinajstić information content (AvgIpc) is 2.44. The van der Waals surface area contributed by atoms with Gasteiger partial charge in [-0.2, -0.15) is 0 Å². The highest BCUT2D eigenvalue weighted by Gasteiger charge is 2.07. The first kappa shape index (κ1) is 14.8. The molecule has 0 fully saturated rings. The lowest BCUT2D eigenvalue weighted by Gasteiger charge is -2.11. The van der Waals surface area contributed by atoms with Gasteiger partial charge in [-0.3, -0.25) is 0 Å². The van der Waals surface area contributed by atoms with Crippen LogP contribution in [0, 0.1) is 5.82 Å². The summed E-state index contributed by atoms with van der Waals surface area (Å²) >= 11 is 6.20. The van der Waals surface area contributed by atoms with Gasteiger partial charge in [0.1, 0.15) is 17.3 Å². The van der Waals surface area contributed by atoms with Crippen molar-refractivity contribution >= 4 is 11.6 Å². The van der Waals surface area contributed by atoms with Crippen molar-refractivity contribution in [2.45, 2.75) is 25.8 Å². The van der Waals surface area contributed by atoms with Crippen molar-refractivity contribution in [1.29, 1.82) is 0 Å². The molecule has 1 unspecified atom stereocenters. The Bertz CT molecular complexity index is 571. The Morgan fingerprint density at radius 3 is 2.50 bits per heavy atom. The fourth-order valence-electron chi connectivity index (χ4n) is 1.83. The van der Waals surface area contributed by atoms with Crippen LogP contribution in [0.25, 0.3) is 0 Å². The van der Waals surface area contributed by atoms with Gasteiger partial charge >= 0.3 is 0 Å². The predicted octanol–water partition coefficient (Wildman–Crippen LogP) is 4.55. The molecule has 2 aromatic rings. The summed E-state index contributed by atoms with van der Waals surface area (Å²) in [6, 6.07) is 11.6. The maximum absolute atomic E-state index is 12.8. The number of halogens is 2. The maximum atomic E-state index is 12.8. The van der Waals surface area contributed by atoms with Crippen molar-refractivity contribution in [3.05, 3.63) is 58.9 Å². The summed E-state index contributed by atoms with van der Waals surface area (Å²) in [5.74, 6) is 0.797. The molecule has 0 heterocycles. The second-order valence-electron chi connectivity index (χ2n) is 4.69. The molecule has 0 radical (unpaired) electrons. The van der Waals surface area contributed by atoms with Crippen LogP contribution < -0.4 is 10.5 Å². The molecule has 2 nitrogen and oxygen atoms in total. The molecule has 2 N–H and O–H groups in total. The Balaban J connectivity index is 2.11. The zero-order valence-corrected chi connectivity index (χ0v) is 12.0. The van der Waals surface area contributed by atoms with Gasteiger partial charge in [-0.15, -0.1) is 0 Å². The van der Waals surface area contributed by atoms with E-state index in [0.717, 1.165) is 18.4 Å². The van der Waals surface area contributed by atoms with E-state index < -0.39 is 0 Å². The highest BCUT2D eigenvalue weighted by molar-refractivity contribution is 6.32. The van der Waals surface area contributed by atoms with E-state index in [9.17, 15) is 4.39 Å². The molecular formula is C16H17ClFNO. The molecule has 0 saturated heterocycles. The minimum absolute atomic E-state index is 0.134. The molecule has 2 rings (SSSR count). The highest BCUT2D eigenvalue weighted by atomic mass is 35.5. The Labute approximate surface area is 123 Å². The second-order valence-corrected chi connectivity index (χ2v) is 5.10. The van der Waals surface area contributed by atoms with Crippen molar-refractivity contribution in [2.24, 2.45) is 5.73 Å². The van der Waals surface area contributed by atoms with Gasteiger partial charge in [0, 0.05) is 6.04 Å². The summed E-state index contributed by atoms with van der Waals surface area (Å²) in [4.78, 5) is 0.